The van der Waals surface area contributed by atoms with Crippen LogP contribution in [0.4, 0.5) is 11.4 Å². The molecular weight excluding hydrogens is 468 g/mol. The molecule has 9 nitrogen and oxygen atoms in total. The van der Waals surface area contributed by atoms with Gasteiger partial charge in [0.1, 0.15) is 5.75 Å². The first-order chi connectivity index (χ1) is 16.7. The van der Waals surface area contributed by atoms with Gasteiger partial charge in [-0.1, -0.05) is 12.1 Å². The van der Waals surface area contributed by atoms with Crippen LogP contribution in [0.2, 0.25) is 0 Å². The standard InChI is InChI=1S/C25H36N4O5S/c1-18-17-29(13-12-26-18)24-19(2)23(9-8-20(24)10-14-30)34-15-5-11-27-25(31)21-6-4-7-22(16-21)28-35(3,32)33/h4,6-9,16,18,26,28,30H,5,10-15,17H2,1-3H3,(H,27,31). The van der Waals surface area contributed by atoms with E-state index in [0.29, 0.717) is 43.3 Å². The van der Waals surface area contributed by atoms with Crippen molar-refractivity contribution in [2.45, 2.75) is 32.7 Å². The quantitative estimate of drug-likeness (QED) is 0.345. The third kappa shape index (κ3) is 7.84. The maximum Gasteiger partial charge on any atom is 0.251 e. The number of sulfonamides is 1. The second-order valence-electron chi connectivity index (χ2n) is 8.88. The second-order valence-corrected chi connectivity index (χ2v) is 10.6. The number of aliphatic hydroxyl groups excluding tert-OH is 1. The molecule has 0 aromatic heterocycles. The van der Waals surface area contributed by atoms with Crippen molar-refractivity contribution in [3.05, 3.63) is 53.1 Å². The lowest BCUT2D eigenvalue weighted by molar-refractivity contribution is 0.0951. The number of piperazine rings is 1. The monoisotopic (exact) mass is 504 g/mol. The zero-order valence-corrected chi connectivity index (χ0v) is 21.5. The van der Waals surface area contributed by atoms with Crippen LogP contribution >= 0.6 is 0 Å². The number of nitrogens with zero attached hydrogens (tertiary/aromatic N) is 1. The molecule has 1 saturated heterocycles. The average Bonchev–Trinajstić information content (AvgIpc) is 2.79. The molecule has 3 rings (SSSR count). The van der Waals surface area contributed by atoms with Crippen molar-refractivity contribution in [2.24, 2.45) is 0 Å². The Hall–Kier alpha value is -2.82. The van der Waals surface area contributed by atoms with E-state index in [0.717, 1.165) is 48.5 Å². The van der Waals surface area contributed by atoms with Crippen LogP contribution in [0, 0.1) is 6.92 Å². The third-order valence-corrected chi connectivity index (χ3v) is 6.43. The fourth-order valence-corrected chi connectivity index (χ4v) is 4.84. The lowest BCUT2D eigenvalue weighted by Gasteiger charge is -2.36. The molecule has 2 aromatic carbocycles. The Bertz CT molecular complexity index is 1120. The number of aliphatic hydroxyl groups is 1. The highest BCUT2D eigenvalue weighted by Gasteiger charge is 2.22. The molecule has 1 unspecified atom stereocenters. The number of carbonyl (C=O) groups excluding carboxylic acids is 1. The SMILES string of the molecule is Cc1c(OCCCNC(=O)c2cccc(NS(C)(=O)=O)c2)ccc(CCO)c1N1CCNC(C)C1. The van der Waals surface area contributed by atoms with Crippen molar-refractivity contribution in [3.63, 3.8) is 0 Å². The van der Waals surface area contributed by atoms with Gasteiger partial charge in [-0.15, -0.1) is 0 Å². The summed E-state index contributed by atoms with van der Waals surface area (Å²) in [5.74, 6) is 0.528. The third-order valence-electron chi connectivity index (χ3n) is 5.82. The number of anilines is 2. The van der Waals surface area contributed by atoms with E-state index in [9.17, 15) is 18.3 Å². The van der Waals surface area contributed by atoms with Crippen molar-refractivity contribution in [2.75, 3.05) is 55.3 Å². The predicted octanol–water partition coefficient (Wildman–Crippen LogP) is 1.90. The maximum atomic E-state index is 12.4. The van der Waals surface area contributed by atoms with E-state index in [1.807, 2.05) is 12.1 Å². The molecule has 1 heterocycles. The van der Waals surface area contributed by atoms with Crippen LogP contribution in [0.3, 0.4) is 0 Å². The zero-order valence-electron chi connectivity index (χ0n) is 20.6. The number of nitrogens with one attached hydrogen (secondary N) is 3. The van der Waals surface area contributed by atoms with E-state index in [4.69, 9.17) is 4.74 Å². The Morgan fingerprint density at radius 2 is 2.09 bits per heavy atom. The number of hydrogen-bond donors (Lipinski definition) is 4. The molecule has 0 radical (unpaired) electrons. The molecular formula is C25H36N4O5S. The van der Waals surface area contributed by atoms with Crippen molar-refractivity contribution in [1.29, 1.82) is 0 Å². The number of hydrogen-bond acceptors (Lipinski definition) is 7. The van der Waals surface area contributed by atoms with Gasteiger partial charge in [0.05, 0.1) is 12.9 Å². The van der Waals surface area contributed by atoms with Crippen LogP contribution in [0.1, 0.15) is 34.8 Å². The topological polar surface area (TPSA) is 120 Å². The summed E-state index contributed by atoms with van der Waals surface area (Å²) in [5.41, 5.74) is 4.04. The van der Waals surface area contributed by atoms with Crippen LogP contribution < -0.4 is 25.0 Å². The molecule has 0 aliphatic carbocycles. The Kier molecular flexibility index (Phi) is 9.36. The molecule has 1 amide bonds. The minimum atomic E-state index is -3.41. The highest BCUT2D eigenvalue weighted by molar-refractivity contribution is 7.92. The van der Waals surface area contributed by atoms with Gasteiger partial charge in [0.25, 0.3) is 5.91 Å². The fraction of sp³-hybridized carbons (Fsp3) is 0.480. The van der Waals surface area contributed by atoms with E-state index in [1.54, 1.807) is 18.2 Å². The van der Waals surface area contributed by atoms with Crippen molar-refractivity contribution < 1.29 is 23.1 Å². The van der Waals surface area contributed by atoms with Gasteiger partial charge in [0.15, 0.2) is 0 Å². The Balaban J connectivity index is 1.55. The lowest BCUT2D eigenvalue weighted by Crippen LogP contribution is -2.49. The Labute approximate surface area is 207 Å². The molecule has 0 saturated carbocycles. The van der Waals surface area contributed by atoms with Gasteiger partial charge in [-0.3, -0.25) is 9.52 Å². The molecule has 2 aromatic rings. The molecule has 0 bridgehead atoms. The van der Waals surface area contributed by atoms with Gasteiger partial charge in [-0.25, -0.2) is 8.42 Å². The van der Waals surface area contributed by atoms with Crippen molar-refractivity contribution >= 4 is 27.3 Å². The van der Waals surface area contributed by atoms with E-state index < -0.39 is 10.0 Å². The number of ether oxygens (including phenoxy) is 1. The Morgan fingerprint density at radius 3 is 2.80 bits per heavy atom. The van der Waals surface area contributed by atoms with E-state index >= 15 is 0 Å². The van der Waals surface area contributed by atoms with E-state index in [2.05, 4.69) is 34.1 Å². The molecule has 0 spiro atoms. The molecule has 35 heavy (non-hydrogen) atoms. The summed E-state index contributed by atoms with van der Waals surface area (Å²) < 4.78 is 31.2. The smallest absolute Gasteiger partial charge is 0.251 e. The van der Waals surface area contributed by atoms with E-state index in [1.165, 1.54) is 6.07 Å². The zero-order chi connectivity index (χ0) is 25.4. The number of rotatable bonds is 11. The molecule has 1 fully saturated rings. The molecule has 192 valence electrons. The van der Waals surface area contributed by atoms with Crippen LogP contribution in [0.25, 0.3) is 0 Å². The minimum Gasteiger partial charge on any atom is -0.493 e. The fourth-order valence-electron chi connectivity index (χ4n) is 4.29. The predicted molar refractivity (Wildman–Crippen MR) is 139 cm³/mol. The first-order valence-corrected chi connectivity index (χ1v) is 13.8. The van der Waals surface area contributed by atoms with Gasteiger partial charge in [0, 0.05) is 61.3 Å². The summed E-state index contributed by atoms with van der Waals surface area (Å²) in [6.45, 7) is 7.89. The van der Waals surface area contributed by atoms with Gasteiger partial charge in [-0.2, -0.15) is 0 Å². The van der Waals surface area contributed by atoms with Crippen LogP contribution in [-0.2, 0) is 16.4 Å². The van der Waals surface area contributed by atoms with Crippen LogP contribution in [-0.4, -0.2) is 71.1 Å². The molecule has 1 aliphatic rings. The summed E-state index contributed by atoms with van der Waals surface area (Å²) in [4.78, 5) is 14.8. The average molecular weight is 505 g/mol. The highest BCUT2D eigenvalue weighted by Crippen LogP contribution is 2.33. The highest BCUT2D eigenvalue weighted by atomic mass is 32.2. The van der Waals surface area contributed by atoms with Gasteiger partial charge < -0.3 is 25.4 Å². The number of amides is 1. The summed E-state index contributed by atoms with van der Waals surface area (Å²) in [5, 5.41) is 15.8. The van der Waals surface area contributed by atoms with Crippen molar-refractivity contribution in [3.8, 4) is 5.75 Å². The molecule has 10 heteroatoms. The van der Waals surface area contributed by atoms with Crippen LogP contribution in [0.5, 0.6) is 5.75 Å². The largest absolute Gasteiger partial charge is 0.493 e. The number of benzene rings is 2. The summed E-state index contributed by atoms with van der Waals surface area (Å²) in [6, 6.07) is 10.7. The summed E-state index contributed by atoms with van der Waals surface area (Å²) in [7, 11) is -3.41. The number of carbonyl (C=O) groups is 1. The minimum absolute atomic E-state index is 0.0984. The molecule has 1 atom stereocenters. The van der Waals surface area contributed by atoms with Crippen LogP contribution in [0.15, 0.2) is 36.4 Å². The first-order valence-electron chi connectivity index (χ1n) is 11.9. The molecule has 1 aliphatic heterocycles. The summed E-state index contributed by atoms with van der Waals surface area (Å²) >= 11 is 0. The second kappa shape index (κ2) is 12.2. The first kappa shape index (κ1) is 26.8. The van der Waals surface area contributed by atoms with Gasteiger partial charge >= 0.3 is 0 Å². The van der Waals surface area contributed by atoms with Gasteiger partial charge in [0.2, 0.25) is 10.0 Å². The normalized spacial score (nSPS) is 16.1. The van der Waals surface area contributed by atoms with Crippen molar-refractivity contribution in [1.82, 2.24) is 10.6 Å². The maximum absolute atomic E-state index is 12.4. The van der Waals surface area contributed by atoms with E-state index in [-0.39, 0.29) is 12.5 Å². The Morgan fingerprint density at radius 1 is 1.29 bits per heavy atom. The molecule has 4 N–H and O–H groups in total. The lowest BCUT2D eigenvalue weighted by atomic mass is 10.0. The summed E-state index contributed by atoms with van der Waals surface area (Å²) in [6.07, 6.45) is 2.28. The van der Waals surface area contributed by atoms with Gasteiger partial charge in [-0.05, 0) is 56.5 Å².